The van der Waals surface area contributed by atoms with Crippen molar-refractivity contribution < 1.29 is 4.79 Å². The maximum absolute atomic E-state index is 12.0. The molecule has 0 saturated heterocycles. The van der Waals surface area contributed by atoms with Gasteiger partial charge >= 0.3 is 0 Å². The molecule has 17 heavy (non-hydrogen) atoms. The molecule has 0 aliphatic carbocycles. The Morgan fingerprint density at radius 3 is 2.65 bits per heavy atom. The molecule has 0 fully saturated rings. The molecular formula is C12H22N4O. The zero-order valence-corrected chi connectivity index (χ0v) is 11.1. The molecule has 1 N–H and O–H groups in total. The molecule has 0 saturated carbocycles. The van der Waals surface area contributed by atoms with Gasteiger partial charge in [0.15, 0.2) is 0 Å². The Morgan fingerprint density at radius 2 is 2.18 bits per heavy atom. The standard InChI is InChI=1S/C12H22N4O/c1-5-16(6-2)12(17)10(3)14-9-11-13-7-8-15(11)4/h7-8,10,14H,5-6,9H2,1-4H3. The molecule has 5 nitrogen and oxygen atoms in total. The zero-order valence-electron chi connectivity index (χ0n) is 11.1. The molecule has 1 amide bonds. The van der Waals surface area contributed by atoms with Crippen molar-refractivity contribution in [1.29, 1.82) is 0 Å². The topological polar surface area (TPSA) is 50.2 Å². The first-order chi connectivity index (χ1) is 8.10. The van der Waals surface area contributed by atoms with Gasteiger partial charge in [-0.1, -0.05) is 0 Å². The predicted octanol–water partition coefficient (Wildman–Crippen LogP) is 0.767. The van der Waals surface area contributed by atoms with E-state index in [1.165, 1.54) is 0 Å². The third-order valence-electron chi connectivity index (χ3n) is 2.93. The summed E-state index contributed by atoms with van der Waals surface area (Å²) in [5.74, 6) is 1.08. The lowest BCUT2D eigenvalue weighted by molar-refractivity contribution is -0.132. The third kappa shape index (κ3) is 3.56. The lowest BCUT2D eigenvalue weighted by Gasteiger charge is -2.23. The Morgan fingerprint density at radius 1 is 1.53 bits per heavy atom. The van der Waals surface area contributed by atoms with Gasteiger partial charge in [0.25, 0.3) is 0 Å². The van der Waals surface area contributed by atoms with Gasteiger partial charge in [-0.15, -0.1) is 0 Å². The summed E-state index contributed by atoms with van der Waals surface area (Å²) in [4.78, 5) is 18.0. The van der Waals surface area contributed by atoms with Crippen molar-refractivity contribution in [2.75, 3.05) is 13.1 Å². The van der Waals surface area contributed by atoms with Crippen molar-refractivity contribution >= 4 is 5.91 Å². The molecule has 1 atom stereocenters. The molecule has 0 aliphatic heterocycles. The highest BCUT2D eigenvalue weighted by Gasteiger charge is 2.17. The molecule has 1 aromatic heterocycles. The second-order valence-electron chi connectivity index (χ2n) is 4.07. The summed E-state index contributed by atoms with van der Waals surface area (Å²) in [6, 6.07) is -0.174. The van der Waals surface area contributed by atoms with Crippen molar-refractivity contribution in [2.24, 2.45) is 7.05 Å². The largest absolute Gasteiger partial charge is 0.342 e. The van der Waals surface area contributed by atoms with Crippen LogP contribution in [0.25, 0.3) is 0 Å². The van der Waals surface area contributed by atoms with Crippen LogP contribution in [0.1, 0.15) is 26.6 Å². The summed E-state index contributed by atoms with van der Waals surface area (Å²) >= 11 is 0. The number of aromatic nitrogens is 2. The van der Waals surface area contributed by atoms with Gasteiger partial charge in [-0.2, -0.15) is 0 Å². The lowest BCUT2D eigenvalue weighted by Crippen LogP contribution is -2.44. The van der Waals surface area contributed by atoms with E-state index in [0.29, 0.717) is 6.54 Å². The van der Waals surface area contributed by atoms with Crippen LogP contribution in [-0.2, 0) is 18.4 Å². The van der Waals surface area contributed by atoms with Crippen molar-refractivity contribution in [3.05, 3.63) is 18.2 Å². The number of hydrogen-bond acceptors (Lipinski definition) is 3. The predicted molar refractivity (Wildman–Crippen MR) is 67.4 cm³/mol. The molecular weight excluding hydrogens is 216 g/mol. The van der Waals surface area contributed by atoms with Crippen LogP contribution in [-0.4, -0.2) is 39.5 Å². The number of likely N-dealkylation sites (N-methyl/N-ethyl adjacent to an activating group) is 1. The zero-order chi connectivity index (χ0) is 12.8. The minimum atomic E-state index is -0.174. The van der Waals surface area contributed by atoms with Gasteiger partial charge in [0, 0.05) is 32.5 Å². The molecule has 1 aromatic rings. The van der Waals surface area contributed by atoms with E-state index >= 15 is 0 Å². The number of carbonyl (C=O) groups is 1. The Labute approximate surface area is 103 Å². The molecule has 0 aromatic carbocycles. The van der Waals surface area contributed by atoms with Crippen molar-refractivity contribution in [2.45, 2.75) is 33.4 Å². The van der Waals surface area contributed by atoms with E-state index in [1.54, 1.807) is 6.20 Å². The smallest absolute Gasteiger partial charge is 0.239 e. The van der Waals surface area contributed by atoms with E-state index in [4.69, 9.17) is 0 Å². The third-order valence-corrected chi connectivity index (χ3v) is 2.93. The highest BCUT2D eigenvalue weighted by atomic mass is 16.2. The van der Waals surface area contributed by atoms with Crippen LogP contribution in [0, 0.1) is 0 Å². The van der Waals surface area contributed by atoms with Gasteiger partial charge in [0.05, 0.1) is 12.6 Å². The monoisotopic (exact) mass is 238 g/mol. The Bertz CT molecular complexity index is 357. The van der Waals surface area contributed by atoms with Gasteiger partial charge < -0.3 is 9.47 Å². The van der Waals surface area contributed by atoms with Crippen LogP contribution in [0.5, 0.6) is 0 Å². The molecule has 0 bridgehead atoms. The molecule has 0 spiro atoms. The van der Waals surface area contributed by atoms with Gasteiger partial charge in [-0.05, 0) is 20.8 Å². The SMILES string of the molecule is CCN(CC)C(=O)C(C)NCc1nccn1C. The maximum atomic E-state index is 12.0. The number of rotatable bonds is 6. The normalized spacial score (nSPS) is 12.5. The van der Waals surface area contributed by atoms with Crippen LogP contribution in [0.3, 0.4) is 0 Å². The van der Waals surface area contributed by atoms with Gasteiger partial charge in [-0.3, -0.25) is 10.1 Å². The fraction of sp³-hybridized carbons (Fsp3) is 0.667. The number of nitrogens with one attached hydrogen (secondary N) is 1. The molecule has 0 aliphatic rings. The van der Waals surface area contributed by atoms with Crippen molar-refractivity contribution in [3.63, 3.8) is 0 Å². The van der Waals surface area contributed by atoms with Crippen LogP contribution in [0.4, 0.5) is 0 Å². The van der Waals surface area contributed by atoms with E-state index in [9.17, 15) is 4.79 Å². The fourth-order valence-corrected chi connectivity index (χ4v) is 1.71. The van der Waals surface area contributed by atoms with Crippen molar-refractivity contribution in [3.8, 4) is 0 Å². The second kappa shape index (κ2) is 6.39. The Kier molecular flexibility index (Phi) is 5.15. The van der Waals surface area contributed by atoms with E-state index in [2.05, 4.69) is 10.3 Å². The average molecular weight is 238 g/mol. The van der Waals surface area contributed by atoms with E-state index in [-0.39, 0.29) is 11.9 Å². The number of imidazole rings is 1. The molecule has 0 radical (unpaired) electrons. The average Bonchev–Trinajstić information content (AvgIpc) is 2.73. The summed E-state index contributed by atoms with van der Waals surface area (Å²) in [6.07, 6.45) is 3.65. The summed E-state index contributed by atoms with van der Waals surface area (Å²) in [5, 5.41) is 3.20. The van der Waals surface area contributed by atoms with Gasteiger partial charge in [0.1, 0.15) is 5.82 Å². The number of amides is 1. The first-order valence-electron chi connectivity index (χ1n) is 6.08. The highest BCUT2D eigenvalue weighted by Crippen LogP contribution is 1.98. The molecule has 1 heterocycles. The van der Waals surface area contributed by atoms with Gasteiger partial charge in [-0.25, -0.2) is 4.98 Å². The number of hydrogen-bond donors (Lipinski definition) is 1. The minimum Gasteiger partial charge on any atom is -0.342 e. The van der Waals surface area contributed by atoms with Gasteiger partial charge in [0.2, 0.25) is 5.91 Å². The first-order valence-corrected chi connectivity index (χ1v) is 6.08. The van der Waals surface area contributed by atoms with Crippen LogP contribution < -0.4 is 5.32 Å². The molecule has 5 heteroatoms. The van der Waals surface area contributed by atoms with E-state index in [0.717, 1.165) is 18.9 Å². The maximum Gasteiger partial charge on any atom is 0.239 e. The number of nitrogens with zero attached hydrogens (tertiary/aromatic N) is 3. The summed E-state index contributed by atoms with van der Waals surface area (Å²) in [5.41, 5.74) is 0. The summed E-state index contributed by atoms with van der Waals surface area (Å²) in [6.45, 7) is 7.99. The van der Waals surface area contributed by atoms with E-state index in [1.807, 2.05) is 43.5 Å². The quantitative estimate of drug-likeness (QED) is 0.796. The summed E-state index contributed by atoms with van der Waals surface area (Å²) < 4.78 is 1.95. The number of carbonyl (C=O) groups excluding carboxylic acids is 1. The molecule has 96 valence electrons. The number of aryl methyl sites for hydroxylation is 1. The summed E-state index contributed by atoms with van der Waals surface area (Å²) in [7, 11) is 1.95. The van der Waals surface area contributed by atoms with Crippen LogP contribution in [0.2, 0.25) is 0 Å². The highest BCUT2D eigenvalue weighted by molar-refractivity contribution is 5.81. The Balaban J connectivity index is 2.47. The van der Waals surface area contributed by atoms with E-state index < -0.39 is 0 Å². The lowest BCUT2D eigenvalue weighted by atomic mass is 10.2. The van der Waals surface area contributed by atoms with Crippen molar-refractivity contribution in [1.82, 2.24) is 19.8 Å². The first kappa shape index (κ1) is 13.7. The Hall–Kier alpha value is -1.36. The van der Waals surface area contributed by atoms with Crippen LogP contribution in [0.15, 0.2) is 12.4 Å². The molecule has 1 unspecified atom stereocenters. The molecule has 1 rings (SSSR count). The minimum absolute atomic E-state index is 0.143. The second-order valence-corrected chi connectivity index (χ2v) is 4.07. The fourth-order valence-electron chi connectivity index (χ4n) is 1.71. The van der Waals surface area contributed by atoms with Crippen LogP contribution >= 0.6 is 0 Å².